The third-order valence-electron chi connectivity index (χ3n) is 5.37. The van der Waals surface area contributed by atoms with Crippen LogP contribution in [0.2, 0.25) is 0 Å². The quantitative estimate of drug-likeness (QED) is 0.508. The number of aromatic nitrogens is 4. The first-order valence-corrected chi connectivity index (χ1v) is 10.9. The number of amides is 1. The van der Waals surface area contributed by atoms with Crippen LogP contribution in [0.3, 0.4) is 0 Å². The van der Waals surface area contributed by atoms with E-state index in [0.29, 0.717) is 12.5 Å². The lowest BCUT2D eigenvalue weighted by Crippen LogP contribution is -2.33. The van der Waals surface area contributed by atoms with Crippen molar-refractivity contribution in [1.82, 2.24) is 29.4 Å². The van der Waals surface area contributed by atoms with Crippen LogP contribution in [0.15, 0.2) is 24.7 Å². The Hall–Kier alpha value is -2.71. The Morgan fingerprint density at radius 2 is 2.00 bits per heavy atom. The second kappa shape index (κ2) is 7.85. The Balaban J connectivity index is 1.75. The van der Waals surface area contributed by atoms with Gasteiger partial charge in [0.15, 0.2) is 5.65 Å². The average Bonchev–Trinajstić information content (AvgIpc) is 3.38. The number of nitrogens with one attached hydrogen (secondary N) is 1. The summed E-state index contributed by atoms with van der Waals surface area (Å²) in [6, 6.07) is 4.14. The number of hydrogen-bond donors (Lipinski definition) is 1. The van der Waals surface area contributed by atoms with Crippen LogP contribution in [0.4, 0.5) is 0 Å². The van der Waals surface area contributed by atoms with Crippen LogP contribution < -0.4 is 0 Å². The van der Waals surface area contributed by atoms with Crippen molar-refractivity contribution in [1.29, 1.82) is 0 Å². The minimum atomic E-state index is 0.0718. The molecular formula is C22H28N6OS. The van der Waals surface area contributed by atoms with E-state index >= 15 is 0 Å². The van der Waals surface area contributed by atoms with E-state index in [0.717, 1.165) is 44.1 Å². The summed E-state index contributed by atoms with van der Waals surface area (Å²) in [5.74, 6) is 0.385. The van der Waals surface area contributed by atoms with Crippen LogP contribution in [0, 0.1) is 6.92 Å². The molecule has 0 aliphatic heterocycles. The van der Waals surface area contributed by atoms with Gasteiger partial charge >= 0.3 is 0 Å². The number of nitrogens with zero attached hydrogens (tertiary/aromatic N) is 5. The number of carbonyl (C=O) groups excluding carboxylic acids is 1. The van der Waals surface area contributed by atoms with E-state index in [1.165, 1.54) is 5.56 Å². The van der Waals surface area contributed by atoms with Crippen LogP contribution in [0.5, 0.6) is 0 Å². The SMILES string of the molecule is Cc1cc(-c2[nH]c3cc(C(=O)N(C)CCN(C)C)sc3c2C(C)C)cn2ncnc12. The number of pyridine rings is 1. The number of H-pyrrole nitrogens is 1. The fourth-order valence-corrected chi connectivity index (χ4v) is 5.06. The van der Waals surface area contributed by atoms with E-state index in [1.807, 2.05) is 44.8 Å². The molecule has 0 aliphatic carbocycles. The summed E-state index contributed by atoms with van der Waals surface area (Å²) in [6.45, 7) is 7.98. The van der Waals surface area contributed by atoms with E-state index in [2.05, 4.69) is 39.9 Å². The number of aromatic amines is 1. The van der Waals surface area contributed by atoms with E-state index in [1.54, 1.807) is 22.6 Å². The summed E-state index contributed by atoms with van der Waals surface area (Å²) in [5, 5.41) is 4.31. The summed E-state index contributed by atoms with van der Waals surface area (Å²) < 4.78 is 2.97. The number of fused-ring (bicyclic) bond motifs is 2. The normalized spacial score (nSPS) is 12.0. The Morgan fingerprint density at radius 3 is 2.70 bits per heavy atom. The molecule has 0 spiro atoms. The minimum absolute atomic E-state index is 0.0718. The summed E-state index contributed by atoms with van der Waals surface area (Å²) in [7, 11) is 5.90. The summed E-state index contributed by atoms with van der Waals surface area (Å²) in [4.78, 5) is 25.5. The molecule has 0 saturated heterocycles. The number of likely N-dealkylation sites (N-methyl/N-ethyl adjacent to an activating group) is 2. The van der Waals surface area contributed by atoms with Gasteiger partial charge in [-0.25, -0.2) is 9.50 Å². The topological polar surface area (TPSA) is 69.5 Å². The molecule has 7 nitrogen and oxygen atoms in total. The highest BCUT2D eigenvalue weighted by Gasteiger charge is 2.22. The molecule has 4 heterocycles. The van der Waals surface area contributed by atoms with E-state index in [-0.39, 0.29) is 5.91 Å². The van der Waals surface area contributed by atoms with Gasteiger partial charge < -0.3 is 14.8 Å². The van der Waals surface area contributed by atoms with E-state index < -0.39 is 0 Å². The lowest BCUT2D eigenvalue weighted by Gasteiger charge is -2.18. The highest BCUT2D eigenvalue weighted by molar-refractivity contribution is 7.21. The summed E-state index contributed by atoms with van der Waals surface area (Å²) in [5.41, 5.74) is 6.37. The van der Waals surface area contributed by atoms with Crippen molar-refractivity contribution >= 4 is 33.1 Å². The van der Waals surface area contributed by atoms with Gasteiger partial charge in [0.05, 0.1) is 20.8 Å². The van der Waals surface area contributed by atoms with E-state index in [9.17, 15) is 4.79 Å². The van der Waals surface area contributed by atoms with Crippen molar-refractivity contribution in [2.45, 2.75) is 26.7 Å². The van der Waals surface area contributed by atoms with Crippen molar-refractivity contribution in [3.63, 3.8) is 0 Å². The molecule has 4 rings (SSSR count). The molecule has 0 atom stereocenters. The maximum Gasteiger partial charge on any atom is 0.263 e. The number of hydrogen-bond acceptors (Lipinski definition) is 5. The Labute approximate surface area is 180 Å². The molecule has 1 N–H and O–H groups in total. The molecule has 0 aromatic carbocycles. The highest BCUT2D eigenvalue weighted by atomic mass is 32.1. The third-order valence-corrected chi connectivity index (χ3v) is 6.53. The Kier molecular flexibility index (Phi) is 5.38. The first-order valence-electron chi connectivity index (χ1n) is 10.1. The molecule has 0 aliphatic rings. The molecule has 1 amide bonds. The van der Waals surface area contributed by atoms with Gasteiger partial charge in [-0.05, 0) is 50.2 Å². The molecule has 8 heteroatoms. The van der Waals surface area contributed by atoms with Crippen LogP contribution in [-0.2, 0) is 0 Å². The predicted octanol–water partition coefficient (Wildman–Crippen LogP) is 4.00. The first kappa shape index (κ1) is 20.6. The zero-order valence-electron chi connectivity index (χ0n) is 18.4. The Bertz CT molecular complexity index is 1220. The van der Waals surface area contributed by atoms with Crippen LogP contribution in [-0.4, -0.2) is 69.5 Å². The average molecular weight is 425 g/mol. The van der Waals surface area contributed by atoms with Crippen LogP contribution in [0.25, 0.3) is 27.1 Å². The van der Waals surface area contributed by atoms with Crippen molar-refractivity contribution in [3.05, 3.63) is 40.7 Å². The van der Waals surface area contributed by atoms with Gasteiger partial charge in [0, 0.05) is 31.9 Å². The molecule has 4 aromatic rings. The van der Waals surface area contributed by atoms with Gasteiger partial charge in [0.1, 0.15) is 6.33 Å². The van der Waals surface area contributed by atoms with Crippen molar-refractivity contribution < 1.29 is 4.79 Å². The molecule has 0 saturated carbocycles. The smallest absolute Gasteiger partial charge is 0.263 e. The van der Waals surface area contributed by atoms with Crippen LogP contribution in [0.1, 0.15) is 40.6 Å². The maximum absolute atomic E-state index is 12.9. The molecule has 0 bridgehead atoms. The van der Waals surface area contributed by atoms with Crippen molar-refractivity contribution in [2.24, 2.45) is 0 Å². The summed E-state index contributed by atoms with van der Waals surface area (Å²) in [6.07, 6.45) is 3.59. The molecule has 4 aromatic heterocycles. The van der Waals surface area contributed by atoms with Gasteiger partial charge in [0.25, 0.3) is 5.91 Å². The lowest BCUT2D eigenvalue weighted by atomic mass is 9.99. The molecular weight excluding hydrogens is 396 g/mol. The third kappa shape index (κ3) is 3.61. The second-order valence-electron chi connectivity index (χ2n) is 8.39. The second-order valence-corrected chi connectivity index (χ2v) is 9.44. The van der Waals surface area contributed by atoms with Gasteiger partial charge in [-0.15, -0.1) is 11.3 Å². The Morgan fingerprint density at radius 1 is 1.23 bits per heavy atom. The van der Waals surface area contributed by atoms with Gasteiger partial charge in [-0.2, -0.15) is 5.10 Å². The van der Waals surface area contributed by atoms with Crippen LogP contribution >= 0.6 is 11.3 Å². The zero-order chi connectivity index (χ0) is 21.6. The van der Waals surface area contributed by atoms with Gasteiger partial charge in [-0.1, -0.05) is 13.8 Å². The largest absolute Gasteiger partial charge is 0.354 e. The minimum Gasteiger partial charge on any atom is -0.354 e. The highest BCUT2D eigenvalue weighted by Crippen LogP contribution is 2.40. The lowest BCUT2D eigenvalue weighted by molar-refractivity contribution is 0.0791. The van der Waals surface area contributed by atoms with E-state index in [4.69, 9.17) is 0 Å². The van der Waals surface area contributed by atoms with Crippen molar-refractivity contribution in [2.75, 3.05) is 34.2 Å². The number of thiophene rings is 1. The predicted molar refractivity (Wildman–Crippen MR) is 122 cm³/mol. The standard InChI is InChI=1S/C22H28N6OS/c1-13(2)18-19(15-9-14(3)21-23-12-24-28(21)11-15)25-16-10-17(30-20(16)18)22(29)27(6)8-7-26(4)5/h9-13,25H,7-8H2,1-6H3. The fourth-order valence-electron chi connectivity index (χ4n) is 3.75. The first-order chi connectivity index (χ1) is 14.3. The van der Waals surface area contributed by atoms with Gasteiger partial charge in [0.2, 0.25) is 0 Å². The molecule has 0 fully saturated rings. The molecule has 158 valence electrons. The number of carbonyl (C=O) groups is 1. The number of aryl methyl sites for hydroxylation is 1. The molecule has 30 heavy (non-hydrogen) atoms. The molecule has 0 unspecified atom stereocenters. The molecule has 0 radical (unpaired) electrons. The van der Waals surface area contributed by atoms with Gasteiger partial charge in [-0.3, -0.25) is 4.79 Å². The monoisotopic (exact) mass is 424 g/mol. The fraction of sp³-hybridized carbons (Fsp3) is 0.409. The summed E-state index contributed by atoms with van der Waals surface area (Å²) >= 11 is 1.58. The van der Waals surface area contributed by atoms with Crippen molar-refractivity contribution in [3.8, 4) is 11.3 Å². The zero-order valence-corrected chi connectivity index (χ0v) is 19.2. The maximum atomic E-state index is 12.9. The number of rotatable bonds is 6.